The monoisotopic (exact) mass is 378 g/mol. The van der Waals surface area contributed by atoms with Gasteiger partial charge in [-0.3, -0.25) is 4.79 Å². The Balaban J connectivity index is 2.18. The van der Waals surface area contributed by atoms with E-state index >= 15 is 0 Å². The number of pyridine rings is 1. The number of anilines is 1. The Bertz CT molecular complexity index is 1100. The fourth-order valence-corrected chi connectivity index (χ4v) is 2.62. The summed E-state index contributed by atoms with van der Waals surface area (Å²) >= 11 is 0. The first-order valence-electron chi connectivity index (χ1n) is 8.67. The second kappa shape index (κ2) is 7.29. The number of aliphatic hydroxyl groups is 1. The Labute approximate surface area is 163 Å². The van der Waals surface area contributed by atoms with Crippen molar-refractivity contribution in [2.75, 3.05) is 19.8 Å². The second-order valence-corrected chi connectivity index (χ2v) is 7.15. The van der Waals surface area contributed by atoms with Crippen LogP contribution in [0.1, 0.15) is 19.5 Å². The molecule has 3 rings (SSSR count). The number of fused-ring (bicyclic) bond motifs is 1. The van der Waals surface area contributed by atoms with Crippen molar-refractivity contribution in [3.8, 4) is 23.1 Å². The van der Waals surface area contributed by atoms with Gasteiger partial charge in [0.05, 0.1) is 17.4 Å². The van der Waals surface area contributed by atoms with Gasteiger partial charge in [0.2, 0.25) is 11.9 Å². The highest BCUT2D eigenvalue weighted by molar-refractivity contribution is 5.96. The number of aromatic nitrogens is 4. The summed E-state index contributed by atoms with van der Waals surface area (Å²) in [7, 11) is 3.42. The Kier molecular flexibility index (Phi) is 5.03. The molecule has 0 aliphatic carbocycles. The summed E-state index contributed by atoms with van der Waals surface area (Å²) in [4.78, 5) is 26.3. The number of likely N-dealkylation sites (N-methyl/N-ethyl adjacent to an activating group) is 1. The maximum Gasteiger partial charge on any atom is 0.241 e. The van der Waals surface area contributed by atoms with E-state index in [2.05, 4.69) is 26.8 Å². The van der Waals surface area contributed by atoms with Crippen molar-refractivity contribution >= 4 is 22.8 Å². The lowest BCUT2D eigenvalue weighted by Crippen LogP contribution is -2.25. The number of nitrogens with zero attached hydrogens (tertiary/aromatic N) is 5. The first-order valence-corrected chi connectivity index (χ1v) is 8.67. The molecule has 0 bridgehead atoms. The van der Waals surface area contributed by atoms with Gasteiger partial charge in [-0.2, -0.15) is 0 Å². The predicted molar refractivity (Wildman–Crippen MR) is 107 cm³/mol. The highest BCUT2D eigenvalue weighted by Crippen LogP contribution is 2.30. The second-order valence-electron chi connectivity index (χ2n) is 7.15. The molecule has 0 spiro atoms. The summed E-state index contributed by atoms with van der Waals surface area (Å²) < 4.78 is 1.82. The lowest BCUT2D eigenvalue weighted by atomic mass is 10.1. The van der Waals surface area contributed by atoms with E-state index in [0.717, 1.165) is 16.5 Å². The fourth-order valence-electron chi connectivity index (χ4n) is 2.62. The lowest BCUT2D eigenvalue weighted by Gasteiger charge is -2.11. The fraction of sp³-hybridized carbons (Fsp3) is 0.300. The molecule has 3 N–H and O–H groups in total. The van der Waals surface area contributed by atoms with E-state index in [1.807, 2.05) is 16.8 Å². The van der Waals surface area contributed by atoms with Crippen molar-refractivity contribution in [2.45, 2.75) is 26.0 Å². The van der Waals surface area contributed by atoms with Crippen molar-refractivity contribution in [3.63, 3.8) is 0 Å². The highest BCUT2D eigenvalue weighted by atomic mass is 16.3. The summed E-state index contributed by atoms with van der Waals surface area (Å²) in [6.07, 6.45) is 5.10. The Morgan fingerprint density at radius 2 is 2.11 bits per heavy atom. The minimum atomic E-state index is -1.12. The Morgan fingerprint density at radius 3 is 2.75 bits per heavy atom. The van der Waals surface area contributed by atoms with E-state index in [-0.39, 0.29) is 18.4 Å². The smallest absolute Gasteiger partial charge is 0.241 e. The van der Waals surface area contributed by atoms with Crippen LogP contribution in [0.4, 0.5) is 5.95 Å². The summed E-state index contributed by atoms with van der Waals surface area (Å²) in [5, 5.41) is 10.7. The molecule has 0 saturated carbocycles. The van der Waals surface area contributed by atoms with Gasteiger partial charge in [-0.1, -0.05) is 5.92 Å². The van der Waals surface area contributed by atoms with Crippen LogP contribution in [0.3, 0.4) is 0 Å². The summed E-state index contributed by atoms with van der Waals surface area (Å²) in [6.45, 7) is 3.38. The average Bonchev–Trinajstić information content (AvgIpc) is 2.97. The molecule has 8 nitrogen and oxygen atoms in total. The van der Waals surface area contributed by atoms with Gasteiger partial charge in [0, 0.05) is 37.4 Å². The number of nitrogen functional groups attached to an aromatic ring is 1. The third kappa shape index (κ3) is 4.27. The minimum absolute atomic E-state index is 0.0449. The number of carbonyl (C=O) groups is 1. The lowest BCUT2D eigenvalue weighted by molar-refractivity contribution is -0.129. The molecule has 3 heterocycles. The largest absolute Gasteiger partial charge is 0.378 e. The van der Waals surface area contributed by atoms with E-state index in [4.69, 9.17) is 5.73 Å². The van der Waals surface area contributed by atoms with Gasteiger partial charge in [0.1, 0.15) is 17.8 Å². The molecule has 3 aromatic heterocycles. The molecule has 28 heavy (non-hydrogen) atoms. The highest BCUT2D eigenvalue weighted by Gasteiger charge is 2.16. The molecule has 0 radical (unpaired) electrons. The van der Waals surface area contributed by atoms with E-state index in [0.29, 0.717) is 11.4 Å². The molecule has 8 heteroatoms. The first kappa shape index (κ1) is 19.3. The average molecular weight is 378 g/mol. The van der Waals surface area contributed by atoms with Crippen molar-refractivity contribution in [1.82, 2.24) is 24.4 Å². The summed E-state index contributed by atoms with van der Waals surface area (Å²) in [6, 6.07) is 3.57. The van der Waals surface area contributed by atoms with Gasteiger partial charge < -0.3 is 20.3 Å². The Morgan fingerprint density at radius 1 is 1.36 bits per heavy atom. The van der Waals surface area contributed by atoms with Crippen LogP contribution < -0.4 is 5.73 Å². The quantitative estimate of drug-likeness (QED) is 0.665. The van der Waals surface area contributed by atoms with Crippen LogP contribution in [0, 0.1) is 11.8 Å². The van der Waals surface area contributed by atoms with Crippen LogP contribution >= 0.6 is 0 Å². The molecule has 0 atom stereocenters. The number of hydrogen-bond acceptors (Lipinski definition) is 6. The van der Waals surface area contributed by atoms with Crippen LogP contribution in [-0.4, -0.2) is 55.1 Å². The zero-order chi connectivity index (χ0) is 20.5. The van der Waals surface area contributed by atoms with E-state index in [1.54, 1.807) is 46.4 Å². The van der Waals surface area contributed by atoms with E-state index in [1.165, 1.54) is 4.90 Å². The number of amides is 1. The summed E-state index contributed by atoms with van der Waals surface area (Å²) in [5.74, 6) is 5.76. The number of rotatable bonds is 3. The molecule has 3 aromatic rings. The molecule has 0 aromatic carbocycles. The van der Waals surface area contributed by atoms with Gasteiger partial charge >= 0.3 is 0 Å². The third-order valence-corrected chi connectivity index (χ3v) is 4.02. The molecular formula is C20H22N6O2. The molecule has 0 aliphatic heterocycles. The van der Waals surface area contributed by atoms with Crippen molar-refractivity contribution < 1.29 is 9.90 Å². The zero-order valence-corrected chi connectivity index (χ0v) is 16.3. The van der Waals surface area contributed by atoms with Gasteiger partial charge in [-0.25, -0.2) is 15.0 Å². The standard InChI is InChI=1S/C20H22N6O2/c1-20(2,28)7-5-13-9-14-15(16-6-8-22-19(21)24-16)11-26(17(14)10-23-13)12-18(27)25(3)4/h6,8-11,28H,12H2,1-4H3,(H2,21,22,24). The van der Waals surface area contributed by atoms with Crippen LogP contribution in [0.25, 0.3) is 22.2 Å². The zero-order valence-electron chi connectivity index (χ0n) is 16.3. The third-order valence-electron chi connectivity index (χ3n) is 4.02. The van der Waals surface area contributed by atoms with Crippen LogP contribution in [0.15, 0.2) is 30.7 Å². The van der Waals surface area contributed by atoms with Crippen LogP contribution in [0.5, 0.6) is 0 Å². The summed E-state index contributed by atoms with van der Waals surface area (Å²) in [5.41, 5.74) is 7.34. The maximum atomic E-state index is 12.2. The Hall–Kier alpha value is -3.44. The van der Waals surface area contributed by atoms with Crippen LogP contribution in [0.2, 0.25) is 0 Å². The predicted octanol–water partition coefficient (Wildman–Crippen LogP) is 1.29. The number of hydrogen-bond donors (Lipinski definition) is 2. The van der Waals surface area contributed by atoms with E-state index in [9.17, 15) is 9.90 Å². The molecule has 0 unspecified atom stereocenters. The van der Waals surface area contributed by atoms with Crippen molar-refractivity contribution in [1.29, 1.82) is 0 Å². The molecule has 0 aliphatic rings. The molecule has 144 valence electrons. The normalized spacial score (nSPS) is 11.2. The topological polar surface area (TPSA) is 110 Å². The van der Waals surface area contributed by atoms with Gasteiger partial charge in [-0.15, -0.1) is 0 Å². The number of nitrogens with two attached hydrogens (primary N) is 1. The molecule has 0 saturated heterocycles. The first-order chi connectivity index (χ1) is 13.1. The van der Waals surface area contributed by atoms with Crippen LogP contribution in [-0.2, 0) is 11.3 Å². The van der Waals surface area contributed by atoms with Gasteiger partial charge in [0.25, 0.3) is 0 Å². The van der Waals surface area contributed by atoms with Gasteiger partial charge in [0.15, 0.2) is 0 Å². The molecular weight excluding hydrogens is 356 g/mol. The maximum absolute atomic E-state index is 12.2. The molecule has 1 amide bonds. The number of carbonyl (C=O) groups excluding carboxylic acids is 1. The molecule has 0 fully saturated rings. The van der Waals surface area contributed by atoms with Gasteiger partial charge in [-0.05, 0) is 31.9 Å². The van der Waals surface area contributed by atoms with Crippen molar-refractivity contribution in [2.24, 2.45) is 0 Å². The van der Waals surface area contributed by atoms with Crippen molar-refractivity contribution in [3.05, 3.63) is 36.4 Å². The van der Waals surface area contributed by atoms with E-state index < -0.39 is 5.60 Å². The minimum Gasteiger partial charge on any atom is -0.378 e. The SMILES string of the molecule is CN(C)C(=O)Cn1cc(-c2ccnc(N)n2)c2cc(C#CC(C)(C)O)ncc21.